The zero-order chi connectivity index (χ0) is 21.6. The lowest BCUT2D eigenvalue weighted by atomic mass is 9.98. The highest BCUT2D eigenvalue weighted by Crippen LogP contribution is 2.29. The van der Waals surface area contributed by atoms with Gasteiger partial charge in [0, 0.05) is 17.3 Å². The standard InChI is InChI=1S/C26H22N2O3/c1-18-3-7-21(26-27-15-16-31-26)17-24(18)20-8-10-22(11-9-20)28-25(29)14-6-19-4-12-23(30-2)13-5-19/h3-17H,1-2H3,(H,28,29)/b14-6+. The van der Waals surface area contributed by atoms with Gasteiger partial charge in [0.1, 0.15) is 12.0 Å². The molecule has 0 aliphatic carbocycles. The Bertz CT molecular complexity index is 1190. The van der Waals surface area contributed by atoms with Gasteiger partial charge in [0.25, 0.3) is 0 Å². The Morgan fingerprint density at radius 3 is 2.42 bits per heavy atom. The van der Waals surface area contributed by atoms with Gasteiger partial charge in [0.05, 0.1) is 13.3 Å². The summed E-state index contributed by atoms with van der Waals surface area (Å²) in [4.78, 5) is 16.5. The van der Waals surface area contributed by atoms with Crippen molar-refractivity contribution in [1.82, 2.24) is 4.98 Å². The van der Waals surface area contributed by atoms with Crippen LogP contribution in [0.1, 0.15) is 11.1 Å². The Hall–Kier alpha value is -4.12. The summed E-state index contributed by atoms with van der Waals surface area (Å²) in [5, 5.41) is 2.89. The third-order valence-electron chi connectivity index (χ3n) is 4.92. The molecule has 1 aromatic heterocycles. The Morgan fingerprint density at radius 2 is 1.74 bits per heavy atom. The van der Waals surface area contributed by atoms with Crippen LogP contribution < -0.4 is 10.1 Å². The lowest BCUT2D eigenvalue weighted by molar-refractivity contribution is -0.111. The van der Waals surface area contributed by atoms with Crippen LogP contribution >= 0.6 is 0 Å². The number of hydrogen-bond acceptors (Lipinski definition) is 4. The van der Waals surface area contributed by atoms with E-state index in [0.717, 1.165) is 39.3 Å². The van der Waals surface area contributed by atoms with Crippen LogP contribution in [0.15, 0.2) is 89.7 Å². The van der Waals surface area contributed by atoms with Crippen molar-refractivity contribution in [2.75, 3.05) is 12.4 Å². The molecular weight excluding hydrogens is 388 g/mol. The van der Waals surface area contributed by atoms with E-state index in [4.69, 9.17) is 9.15 Å². The Morgan fingerprint density at radius 1 is 1.00 bits per heavy atom. The predicted octanol–water partition coefficient (Wildman–Crippen LogP) is 5.98. The van der Waals surface area contributed by atoms with E-state index in [2.05, 4.69) is 29.4 Å². The van der Waals surface area contributed by atoms with Gasteiger partial charge < -0.3 is 14.5 Å². The zero-order valence-electron chi connectivity index (χ0n) is 17.3. The Labute approximate surface area is 181 Å². The molecule has 3 aromatic carbocycles. The molecule has 0 atom stereocenters. The van der Waals surface area contributed by atoms with E-state index in [9.17, 15) is 4.79 Å². The summed E-state index contributed by atoms with van der Waals surface area (Å²) in [5.41, 5.74) is 5.87. The van der Waals surface area contributed by atoms with Crippen LogP contribution in [-0.4, -0.2) is 18.0 Å². The SMILES string of the molecule is COc1ccc(/C=C/C(=O)Nc2ccc(-c3cc(-c4ncco4)ccc3C)cc2)cc1. The first-order chi connectivity index (χ1) is 15.1. The van der Waals surface area contributed by atoms with E-state index >= 15 is 0 Å². The average Bonchev–Trinajstić information content (AvgIpc) is 3.34. The van der Waals surface area contributed by atoms with Crippen LogP contribution in [0, 0.1) is 6.92 Å². The molecule has 0 saturated carbocycles. The van der Waals surface area contributed by atoms with Crippen LogP contribution in [0.5, 0.6) is 5.75 Å². The predicted molar refractivity (Wildman–Crippen MR) is 123 cm³/mol. The number of nitrogens with zero attached hydrogens (tertiary/aromatic N) is 1. The summed E-state index contributed by atoms with van der Waals surface area (Å²) in [5.74, 6) is 1.18. The molecule has 1 N–H and O–H groups in total. The second-order valence-electron chi connectivity index (χ2n) is 7.04. The maximum Gasteiger partial charge on any atom is 0.248 e. The third kappa shape index (κ3) is 4.90. The molecular formula is C26H22N2O3. The molecule has 1 amide bonds. The second-order valence-corrected chi connectivity index (χ2v) is 7.04. The summed E-state index contributed by atoms with van der Waals surface area (Å²) in [6.45, 7) is 2.06. The van der Waals surface area contributed by atoms with Crippen molar-refractivity contribution in [2.45, 2.75) is 6.92 Å². The highest BCUT2D eigenvalue weighted by atomic mass is 16.5. The van der Waals surface area contributed by atoms with Gasteiger partial charge >= 0.3 is 0 Å². The maximum atomic E-state index is 12.3. The molecule has 0 radical (unpaired) electrons. The summed E-state index contributed by atoms with van der Waals surface area (Å²) < 4.78 is 10.5. The van der Waals surface area contributed by atoms with Crippen molar-refractivity contribution in [2.24, 2.45) is 0 Å². The monoisotopic (exact) mass is 410 g/mol. The van der Waals surface area contributed by atoms with Crippen molar-refractivity contribution in [3.8, 4) is 28.3 Å². The zero-order valence-corrected chi connectivity index (χ0v) is 17.3. The maximum absolute atomic E-state index is 12.3. The molecule has 4 aromatic rings. The fourth-order valence-electron chi connectivity index (χ4n) is 3.24. The third-order valence-corrected chi connectivity index (χ3v) is 4.92. The number of benzene rings is 3. The number of aromatic nitrogens is 1. The van der Waals surface area contributed by atoms with E-state index in [1.807, 2.05) is 54.6 Å². The van der Waals surface area contributed by atoms with Crippen molar-refractivity contribution in [3.63, 3.8) is 0 Å². The van der Waals surface area contributed by atoms with Crippen molar-refractivity contribution < 1.29 is 13.9 Å². The van der Waals surface area contributed by atoms with Crippen molar-refractivity contribution in [3.05, 3.63) is 96.4 Å². The van der Waals surface area contributed by atoms with E-state index in [-0.39, 0.29) is 5.91 Å². The number of rotatable bonds is 6. The summed E-state index contributed by atoms with van der Waals surface area (Å²) in [6, 6.07) is 21.4. The number of hydrogen-bond donors (Lipinski definition) is 1. The molecule has 0 bridgehead atoms. The largest absolute Gasteiger partial charge is 0.497 e. The molecule has 154 valence electrons. The number of ether oxygens (including phenoxy) is 1. The fourth-order valence-corrected chi connectivity index (χ4v) is 3.24. The highest BCUT2D eigenvalue weighted by Gasteiger charge is 2.08. The fraction of sp³-hybridized carbons (Fsp3) is 0.0769. The molecule has 4 rings (SSSR count). The van der Waals surface area contributed by atoms with Gasteiger partial charge in [-0.3, -0.25) is 4.79 Å². The van der Waals surface area contributed by atoms with Gasteiger partial charge in [-0.25, -0.2) is 4.98 Å². The summed E-state index contributed by atoms with van der Waals surface area (Å²) in [6.07, 6.45) is 6.48. The number of methoxy groups -OCH3 is 1. The van der Waals surface area contributed by atoms with Gasteiger partial charge in [-0.1, -0.05) is 30.3 Å². The summed E-state index contributed by atoms with van der Waals surface area (Å²) >= 11 is 0. The molecule has 0 fully saturated rings. The van der Waals surface area contributed by atoms with Crippen LogP contribution in [0.3, 0.4) is 0 Å². The first-order valence-electron chi connectivity index (χ1n) is 9.86. The molecule has 31 heavy (non-hydrogen) atoms. The normalized spacial score (nSPS) is 10.9. The van der Waals surface area contributed by atoms with E-state index in [1.54, 1.807) is 25.6 Å². The molecule has 0 aliphatic heterocycles. The summed E-state index contributed by atoms with van der Waals surface area (Å²) in [7, 11) is 1.62. The average molecular weight is 410 g/mol. The second kappa shape index (κ2) is 9.13. The number of nitrogens with one attached hydrogen (secondary N) is 1. The van der Waals surface area contributed by atoms with Gasteiger partial charge in [0.2, 0.25) is 11.8 Å². The molecule has 0 saturated heterocycles. The molecule has 0 unspecified atom stereocenters. The molecule has 0 aliphatic rings. The quantitative estimate of drug-likeness (QED) is 0.397. The highest BCUT2D eigenvalue weighted by molar-refractivity contribution is 6.02. The van der Waals surface area contributed by atoms with Gasteiger partial charge in [-0.2, -0.15) is 0 Å². The number of oxazole rings is 1. The smallest absolute Gasteiger partial charge is 0.248 e. The molecule has 5 nitrogen and oxygen atoms in total. The first kappa shape index (κ1) is 20.2. The van der Waals surface area contributed by atoms with E-state index in [1.165, 1.54) is 6.08 Å². The van der Waals surface area contributed by atoms with Gasteiger partial charge in [-0.05, 0) is 71.7 Å². The first-order valence-corrected chi connectivity index (χ1v) is 9.86. The number of aryl methyl sites for hydroxylation is 1. The van der Waals surface area contributed by atoms with E-state index < -0.39 is 0 Å². The van der Waals surface area contributed by atoms with Crippen LogP contribution in [0.4, 0.5) is 5.69 Å². The van der Waals surface area contributed by atoms with Gasteiger partial charge in [-0.15, -0.1) is 0 Å². The van der Waals surface area contributed by atoms with Gasteiger partial charge in [0.15, 0.2) is 0 Å². The van der Waals surface area contributed by atoms with Crippen LogP contribution in [0.2, 0.25) is 0 Å². The molecule has 0 spiro atoms. The molecule has 5 heteroatoms. The molecule has 1 heterocycles. The van der Waals surface area contributed by atoms with Crippen molar-refractivity contribution in [1.29, 1.82) is 0 Å². The van der Waals surface area contributed by atoms with Crippen LogP contribution in [-0.2, 0) is 4.79 Å². The minimum Gasteiger partial charge on any atom is -0.497 e. The Kier molecular flexibility index (Phi) is 5.94. The van der Waals surface area contributed by atoms with Crippen molar-refractivity contribution >= 4 is 17.7 Å². The Balaban J connectivity index is 1.45. The minimum atomic E-state index is -0.189. The number of carbonyl (C=O) groups excluding carboxylic acids is 1. The lowest BCUT2D eigenvalue weighted by Gasteiger charge is -2.09. The van der Waals surface area contributed by atoms with E-state index in [0.29, 0.717) is 5.89 Å². The topological polar surface area (TPSA) is 64.4 Å². The van der Waals surface area contributed by atoms with Crippen LogP contribution in [0.25, 0.3) is 28.7 Å². The number of amides is 1. The number of carbonyl (C=O) groups is 1. The number of anilines is 1. The lowest BCUT2D eigenvalue weighted by Crippen LogP contribution is -2.07. The minimum absolute atomic E-state index is 0.189.